The Morgan fingerprint density at radius 2 is 1.05 bits per heavy atom. The van der Waals surface area contributed by atoms with Gasteiger partial charge in [0.05, 0.1) is 18.4 Å². The molecule has 1 N–H and O–H groups in total. The summed E-state index contributed by atoms with van der Waals surface area (Å²) in [6.45, 7) is 9.60. The molecule has 62 heavy (non-hydrogen) atoms. The molecule has 1 amide bonds. The fraction of sp³-hybridized carbons (Fsp3) is 0.865. The first-order valence-corrected chi connectivity index (χ1v) is 26.0. The van der Waals surface area contributed by atoms with Gasteiger partial charge >= 0.3 is 18.0 Å². The van der Waals surface area contributed by atoms with E-state index in [4.69, 9.17) is 23.7 Å². The third kappa shape index (κ3) is 31.4. The molecule has 10 heteroatoms. The normalized spacial score (nSPS) is 15.7. The molecule has 1 saturated heterocycles. The van der Waals surface area contributed by atoms with E-state index in [1.54, 1.807) is 0 Å². The van der Waals surface area contributed by atoms with Gasteiger partial charge in [0.1, 0.15) is 19.8 Å². The molecule has 2 rings (SSSR count). The smallest absolute Gasteiger partial charge is 0.407 e. The SMILES string of the molecule is CCCCC/C=C\C/C=C\CCCCCCCC(=O)OCC(COC(=O)CCC(OCCCCCCCC)OCCCCCCCC)COC(=O)NC1CN(C2CCCCC2)C1. The molecule has 0 aromatic heterocycles. The number of nitrogens with zero attached hydrogens (tertiary/aromatic N) is 1. The molecule has 0 radical (unpaired) electrons. The van der Waals surface area contributed by atoms with Crippen molar-refractivity contribution in [3.63, 3.8) is 0 Å². The second-order valence-electron chi connectivity index (χ2n) is 18.1. The van der Waals surface area contributed by atoms with Gasteiger partial charge in [0.2, 0.25) is 0 Å². The fourth-order valence-corrected chi connectivity index (χ4v) is 8.19. The Morgan fingerprint density at radius 1 is 0.565 bits per heavy atom. The molecule has 0 aromatic rings. The third-order valence-corrected chi connectivity index (χ3v) is 12.3. The van der Waals surface area contributed by atoms with Gasteiger partial charge in [0.15, 0.2) is 6.29 Å². The van der Waals surface area contributed by atoms with Crippen molar-refractivity contribution < 1.29 is 38.1 Å². The fourth-order valence-electron chi connectivity index (χ4n) is 8.19. The number of unbranched alkanes of at least 4 members (excludes halogenated alkanes) is 18. The van der Waals surface area contributed by atoms with Crippen LogP contribution in [0.5, 0.6) is 0 Å². The first-order chi connectivity index (χ1) is 30.4. The van der Waals surface area contributed by atoms with E-state index in [1.165, 1.54) is 109 Å². The molecule has 2 fully saturated rings. The van der Waals surface area contributed by atoms with E-state index in [1.807, 2.05) is 0 Å². The van der Waals surface area contributed by atoms with Gasteiger partial charge in [-0.1, -0.05) is 161 Å². The quantitative estimate of drug-likeness (QED) is 0.0211. The zero-order valence-corrected chi connectivity index (χ0v) is 40.2. The number of amides is 1. The molecule has 0 aromatic carbocycles. The minimum Gasteiger partial charge on any atom is -0.465 e. The van der Waals surface area contributed by atoms with E-state index >= 15 is 0 Å². The van der Waals surface area contributed by atoms with E-state index in [9.17, 15) is 14.4 Å². The molecule has 0 bridgehead atoms. The van der Waals surface area contributed by atoms with Crippen LogP contribution in [0.2, 0.25) is 0 Å². The minimum atomic E-state index is -0.487. The Kier molecular flexibility index (Phi) is 36.0. The molecule has 1 atom stereocenters. The van der Waals surface area contributed by atoms with Crippen LogP contribution in [0.15, 0.2) is 24.3 Å². The van der Waals surface area contributed by atoms with Crippen molar-refractivity contribution in [2.45, 2.75) is 238 Å². The maximum atomic E-state index is 13.0. The van der Waals surface area contributed by atoms with E-state index in [2.05, 4.69) is 55.3 Å². The summed E-state index contributed by atoms with van der Waals surface area (Å²) < 4.78 is 29.2. The van der Waals surface area contributed by atoms with Gasteiger partial charge in [0.25, 0.3) is 0 Å². The average molecular weight is 875 g/mol. The zero-order chi connectivity index (χ0) is 44.6. The Labute approximate surface area is 379 Å². The lowest BCUT2D eigenvalue weighted by Crippen LogP contribution is -2.62. The lowest BCUT2D eigenvalue weighted by molar-refractivity contribution is -0.161. The summed E-state index contributed by atoms with van der Waals surface area (Å²) >= 11 is 0. The summed E-state index contributed by atoms with van der Waals surface area (Å²) in [6, 6.07) is 0.701. The summed E-state index contributed by atoms with van der Waals surface area (Å²) in [5.41, 5.74) is 0. The van der Waals surface area contributed by atoms with Gasteiger partial charge in [-0.15, -0.1) is 0 Å². The monoisotopic (exact) mass is 875 g/mol. The van der Waals surface area contributed by atoms with Gasteiger partial charge in [-0.05, 0) is 64.2 Å². The summed E-state index contributed by atoms with van der Waals surface area (Å²) in [6.07, 6.45) is 41.9. The summed E-state index contributed by atoms with van der Waals surface area (Å²) in [5, 5.41) is 2.99. The number of allylic oxidation sites excluding steroid dienone is 4. The molecule has 1 unspecified atom stereocenters. The van der Waals surface area contributed by atoms with Gasteiger partial charge in [0, 0.05) is 45.2 Å². The number of hydrogen-bond donors (Lipinski definition) is 1. The van der Waals surface area contributed by atoms with E-state index in [-0.39, 0.29) is 44.2 Å². The number of nitrogens with one attached hydrogen (secondary N) is 1. The number of esters is 2. The van der Waals surface area contributed by atoms with Gasteiger partial charge in [-0.2, -0.15) is 0 Å². The number of rotatable bonds is 41. The summed E-state index contributed by atoms with van der Waals surface area (Å²) in [7, 11) is 0. The lowest BCUT2D eigenvalue weighted by Gasteiger charge is -2.45. The molecular weight excluding hydrogens is 781 g/mol. The molecule has 1 saturated carbocycles. The summed E-state index contributed by atoms with van der Waals surface area (Å²) in [5.74, 6) is -1.12. The zero-order valence-electron chi connectivity index (χ0n) is 40.2. The van der Waals surface area contributed by atoms with Crippen LogP contribution >= 0.6 is 0 Å². The van der Waals surface area contributed by atoms with Gasteiger partial charge in [-0.3, -0.25) is 14.5 Å². The number of hydrogen-bond acceptors (Lipinski definition) is 9. The van der Waals surface area contributed by atoms with Crippen LogP contribution in [-0.2, 0) is 33.3 Å². The molecule has 10 nitrogen and oxygen atoms in total. The number of carbonyl (C=O) groups is 3. The molecule has 1 aliphatic carbocycles. The second kappa shape index (κ2) is 40.1. The largest absolute Gasteiger partial charge is 0.465 e. The molecular formula is C52H94N2O8. The number of alkyl carbamates (subject to hydrolysis) is 1. The highest BCUT2D eigenvalue weighted by molar-refractivity contribution is 5.70. The number of likely N-dealkylation sites (tertiary alicyclic amines) is 1. The molecule has 360 valence electrons. The predicted molar refractivity (Wildman–Crippen MR) is 253 cm³/mol. The van der Waals surface area contributed by atoms with Crippen molar-refractivity contribution in [1.82, 2.24) is 10.2 Å². The van der Waals surface area contributed by atoms with Crippen LogP contribution in [0.4, 0.5) is 4.79 Å². The number of ether oxygens (including phenoxy) is 5. The van der Waals surface area contributed by atoms with Crippen molar-refractivity contribution in [3.8, 4) is 0 Å². The molecule has 1 heterocycles. The van der Waals surface area contributed by atoms with Crippen LogP contribution in [0.3, 0.4) is 0 Å². The van der Waals surface area contributed by atoms with Crippen LogP contribution in [0, 0.1) is 5.92 Å². The Balaban J connectivity index is 1.76. The van der Waals surface area contributed by atoms with E-state index in [0.29, 0.717) is 32.1 Å². The first-order valence-electron chi connectivity index (χ1n) is 26.0. The third-order valence-electron chi connectivity index (χ3n) is 12.3. The summed E-state index contributed by atoms with van der Waals surface area (Å²) in [4.78, 5) is 41.0. The highest BCUT2D eigenvalue weighted by Gasteiger charge is 2.34. The second-order valence-corrected chi connectivity index (χ2v) is 18.1. The van der Waals surface area contributed by atoms with Crippen molar-refractivity contribution in [1.29, 1.82) is 0 Å². The van der Waals surface area contributed by atoms with Crippen molar-refractivity contribution >= 4 is 18.0 Å². The van der Waals surface area contributed by atoms with Crippen molar-refractivity contribution in [2.24, 2.45) is 5.92 Å². The lowest BCUT2D eigenvalue weighted by atomic mass is 9.91. The van der Waals surface area contributed by atoms with Crippen molar-refractivity contribution in [3.05, 3.63) is 24.3 Å². The van der Waals surface area contributed by atoms with Crippen molar-refractivity contribution in [2.75, 3.05) is 46.1 Å². The standard InChI is InChI=1S/C52H94N2O8/c1-4-7-10-13-16-17-18-19-20-21-22-23-24-25-31-36-49(55)60-43-46(45-62-52(57)53-47-41-54(42-47)48-34-29-28-30-35-48)44-61-50(56)37-38-51(58-39-32-26-14-11-8-5-2)59-40-33-27-15-12-9-6-3/h16-17,19-20,46-48,51H,4-15,18,21-45H2,1-3H3,(H,53,57)/b17-16-,20-19-. The first kappa shape index (κ1) is 55.7. The highest BCUT2D eigenvalue weighted by Crippen LogP contribution is 2.26. The van der Waals surface area contributed by atoms with Gasteiger partial charge in [-0.25, -0.2) is 4.79 Å². The highest BCUT2D eigenvalue weighted by atomic mass is 16.7. The number of carbonyl (C=O) groups excluding carboxylic acids is 3. The molecule has 0 spiro atoms. The van der Waals surface area contributed by atoms with Crippen LogP contribution < -0.4 is 5.32 Å². The maximum Gasteiger partial charge on any atom is 0.407 e. The Morgan fingerprint density at radius 3 is 1.65 bits per heavy atom. The maximum absolute atomic E-state index is 13.0. The van der Waals surface area contributed by atoms with Crippen LogP contribution in [-0.4, -0.2) is 87.4 Å². The van der Waals surface area contributed by atoms with Crippen LogP contribution in [0.1, 0.15) is 220 Å². The van der Waals surface area contributed by atoms with E-state index in [0.717, 1.165) is 83.7 Å². The topological polar surface area (TPSA) is 113 Å². The predicted octanol–water partition coefficient (Wildman–Crippen LogP) is 13.1. The van der Waals surface area contributed by atoms with Gasteiger partial charge < -0.3 is 29.0 Å². The Hall–Kier alpha value is -2.43. The Bertz CT molecular complexity index is 1120. The minimum absolute atomic E-state index is 0.0100. The average Bonchev–Trinajstić information content (AvgIpc) is 3.26. The molecule has 1 aliphatic heterocycles. The van der Waals surface area contributed by atoms with Crippen LogP contribution in [0.25, 0.3) is 0 Å². The molecule has 2 aliphatic rings. The van der Waals surface area contributed by atoms with E-state index < -0.39 is 18.3 Å².